The molecule has 0 aromatic carbocycles. The molecular formula is C7H14N2OS. The predicted molar refractivity (Wildman–Crippen MR) is 47.8 cm³/mol. The number of thioether (sulfide) groups is 1. The second-order valence-electron chi connectivity index (χ2n) is 2.53. The summed E-state index contributed by atoms with van der Waals surface area (Å²) in [6, 6.07) is 0. The van der Waals surface area contributed by atoms with Crippen molar-refractivity contribution in [3.8, 4) is 0 Å². The predicted octanol–water partition coefficient (Wildman–Crippen LogP) is -0.219. The topological polar surface area (TPSA) is 32.3 Å². The van der Waals surface area contributed by atoms with E-state index in [0.717, 1.165) is 19.5 Å². The van der Waals surface area contributed by atoms with Gasteiger partial charge in [0, 0.05) is 37.7 Å². The number of amides is 1. The van der Waals surface area contributed by atoms with Crippen LogP contribution in [0.3, 0.4) is 0 Å². The molecule has 64 valence electrons. The first-order valence-corrected chi connectivity index (χ1v) is 5.06. The lowest BCUT2D eigenvalue weighted by atomic mass is 10.4. The third-order valence-corrected chi connectivity index (χ3v) is 2.70. The first-order chi connectivity index (χ1) is 5.43. The summed E-state index contributed by atoms with van der Waals surface area (Å²) in [6.45, 7) is 4.13. The van der Waals surface area contributed by atoms with E-state index in [1.165, 1.54) is 24.6 Å². The molecule has 1 fully saturated rings. The Bertz CT molecular complexity index is 115. The van der Waals surface area contributed by atoms with Crippen LogP contribution in [-0.2, 0) is 4.79 Å². The van der Waals surface area contributed by atoms with Crippen LogP contribution in [-0.4, -0.2) is 49.0 Å². The van der Waals surface area contributed by atoms with Gasteiger partial charge in [0.05, 0.1) is 0 Å². The van der Waals surface area contributed by atoms with Gasteiger partial charge in [-0.1, -0.05) is 0 Å². The molecule has 0 unspecified atom stereocenters. The molecular weight excluding hydrogens is 160 g/mol. The van der Waals surface area contributed by atoms with Gasteiger partial charge in [0.1, 0.15) is 0 Å². The van der Waals surface area contributed by atoms with Gasteiger partial charge in [-0.25, -0.2) is 0 Å². The summed E-state index contributed by atoms with van der Waals surface area (Å²) in [7, 11) is 0. The Morgan fingerprint density at radius 1 is 1.45 bits per heavy atom. The van der Waals surface area contributed by atoms with Crippen molar-refractivity contribution in [3.05, 3.63) is 0 Å². The van der Waals surface area contributed by atoms with Gasteiger partial charge < -0.3 is 5.32 Å². The first-order valence-electron chi connectivity index (χ1n) is 3.90. The summed E-state index contributed by atoms with van der Waals surface area (Å²) >= 11 is 2.01. The minimum atomic E-state index is 0.763. The molecule has 0 saturated carbocycles. The van der Waals surface area contributed by atoms with Crippen LogP contribution in [0.1, 0.15) is 0 Å². The van der Waals surface area contributed by atoms with E-state index in [9.17, 15) is 4.79 Å². The van der Waals surface area contributed by atoms with Crippen LogP contribution < -0.4 is 5.32 Å². The second kappa shape index (κ2) is 5.43. The van der Waals surface area contributed by atoms with Crippen molar-refractivity contribution in [3.63, 3.8) is 0 Å². The summed E-state index contributed by atoms with van der Waals surface area (Å²) in [4.78, 5) is 12.3. The van der Waals surface area contributed by atoms with E-state index in [0.29, 0.717) is 0 Å². The standard InChI is InChI=1S/C7H14N2OS/c10-7-8-1-2-9-3-5-11-6-4-9/h7H,1-6H2,(H,8,10). The lowest BCUT2D eigenvalue weighted by Gasteiger charge is -2.25. The zero-order chi connectivity index (χ0) is 7.94. The van der Waals surface area contributed by atoms with Gasteiger partial charge in [0.2, 0.25) is 6.41 Å². The van der Waals surface area contributed by atoms with E-state index in [1.807, 2.05) is 11.8 Å². The Kier molecular flexibility index (Phi) is 4.38. The van der Waals surface area contributed by atoms with Crippen molar-refractivity contribution in [2.24, 2.45) is 0 Å². The third-order valence-electron chi connectivity index (χ3n) is 1.76. The van der Waals surface area contributed by atoms with E-state index in [2.05, 4.69) is 10.2 Å². The molecule has 0 aromatic rings. The number of hydrogen-bond acceptors (Lipinski definition) is 3. The van der Waals surface area contributed by atoms with Crippen molar-refractivity contribution in [2.75, 3.05) is 37.7 Å². The molecule has 1 saturated heterocycles. The van der Waals surface area contributed by atoms with Crippen molar-refractivity contribution in [1.82, 2.24) is 10.2 Å². The average Bonchev–Trinajstić information content (AvgIpc) is 2.07. The Hall–Kier alpha value is -0.220. The van der Waals surface area contributed by atoms with E-state index in [4.69, 9.17) is 0 Å². The summed E-state index contributed by atoms with van der Waals surface area (Å²) in [6.07, 6.45) is 0.763. The monoisotopic (exact) mass is 174 g/mol. The maximum Gasteiger partial charge on any atom is 0.207 e. The van der Waals surface area contributed by atoms with Crippen LogP contribution >= 0.6 is 11.8 Å². The van der Waals surface area contributed by atoms with Crippen LogP contribution in [0.25, 0.3) is 0 Å². The molecule has 0 aromatic heterocycles. The van der Waals surface area contributed by atoms with Crippen LogP contribution in [0.5, 0.6) is 0 Å². The lowest BCUT2D eigenvalue weighted by Crippen LogP contribution is -2.37. The number of carbonyl (C=O) groups is 1. The normalized spacial score (nSPS) is 19.6. The second-order valence-corrected chi connectivity index (χ2v) is 3.75. The summed E-state index contributed by atoms with van der Waals surface area (Å²) in [5.41, 5.74) is 0. The third kappa shape index (κ3) is 3.62. The van der Waals surface area contributed by atoms with Gasteiger partial charge in [-0.15, -0.1) is 0 Å². The highest BCUT2D eigenvalue weighted by Crippen LogP contribution is 2.07. The Balaban J connectivity index is 2.00. The number of nitrogens with one attached hydrogen (secondary N) is 1. The molecule has 1 amide bonds. The van der Waals surface area contributed by atoms with Crippen molar-refractivity contribution >= 4 is 18.2 Å². The Morgan fingerprint density at radius 2 is 2.18 bits per heavy atom. The number of carbonyl (C=O) groups excluding carboxylic acids is 1. The van der Waals surface area contributed by atoms with Gasteiger partial charge in [-0.2, -0.15) is 11.8 Å². The largest absolute Gasteiger partial charge is 0.357 e. The van der Waals surface area contributed by atoms with Gasteiger partial charge in [0.25, 0.3) is 0 Å². The van der Waals surface area contributed by atoms with Crippen molar-refractivity contribution < 1.29 is 4.79 Å². The molecule has 0 atom stereocenters. The molecule has 3 nitrogen and oxygen atoms in total. The van der Waals surface area contributed by atoms with E-state index < -0.39 is 0 Å². The van der Waals surface area contributed by atoms with Crippen molar-refractivity contribution in [1.29, 1.82) is 0 Å². The molecule has 0 aliphatic carbocycles. The number of rotatable bonds is 4. The maximum absolute atomic E-state index is 9.91. The van der Waals surface area contributed by atoms with Crippen LogP contribution in [0.2, 0.25) is 0 Å². The fourth-order valence-electron chi connectivity index (χ4n) is 1.11. The molecule has 0 radical (unpaired) electrons. The van der Waals surface area contributed by atoms with Gasteiger partial charge in [-0.05, 0) is 0 Å². The highest BCUT2D eigenvalue weighted by molar-refractivity contribution is 7.99. The molecule has 1 aliphatic heterocycles. The fourth-order valence-corrected chi connectivity index (χ4v) is 2.09. The molecule has 1 rings (SSSR count). The first kappa shape index (κ1) is 8.87. The minimum Gasteiger partial charge on any atom is -0.357 e. The summed E-state index contributed by atoms with van der Waals surface area (Å²) in [5, 5.41) is 2.67. The quantitative estimate of drug-likeness (QED) is 0.472. The smallest absolute Gasteiger partial charge is 0.207 e. The number of hydrogen-bond donors (Lipinski definition) is 1. The molecule has 0 bridgehead atoms. The molecule has 4 heteroatoms. The Morgan fingerprint density at radius 3 is 2.82 bits per heavy atom. The highest BCUT2D eigenvalue weighted by Gasteiger charge is 2.08. The highest BCUT2D eigenvalue weighted by atomic mass is 32.2. The van der Waals surface area contributed by atoms with Crippen LogP contribution in [0.4, 0.5) is 0 Å². The number of nitrogens with zero attached hydrogens (tertiary/aromatic N) is 1. The SMILES string of the molecule is O=CNCCN1CCSCC1. The van der Waals surface area contributed by atoms with Crippen LogP contribution in [0.15, 0.2) is 0 Å². The summed E-state index contributed by atoms with van der Waals surface area (Å²) < 4.78 is 0. The lowest BCUT2D eigenvalue weighted by molar-refractivity contribution is -0.109. The zero-order valence-corrected chi connectivity index (χ0v) is 7.40. The van der Waals surface area contributed by atoms with E-state index in [-0.39, 0.29) is 0 Å². The van der Waals surface area contributed by atoms with Crippen molar-refractivity contribution in [2.45, 2.75) is 0 Å². The van der Waals surface area contributed by atoms with Gasteiger partial charge in [0.15, 0.2) is 0 Å². The minimum absolute atomic E-state index is 0.763. The van der Waals surface area contributed by atoms with Gasteiger partial charge in [-0.3, -0.25) is 9.69 Å². The zero-order valence-electron chi connectivity index (χ0n) is 6.58. The molecule has 0 spiro atoms. The molecule has 1 N–H and O–H groups in total. The Labute approximate surface area is 71.5 Å². The average molecular weight is 174 g/mol. The maximum atomic E-state index is 9.91. The van der Waals surface area contributed by atoms with E-state index in [1.54, 1.807) is 0 Å². The fraction of sp³-hybridized carbons (Fsp3) is 0.857. The molecule has 1 aliphatic rings. The van der Waals surface area contributed by atoms with Crippen LogP contribution in [0, 0.1) is 0 Å². The van der Waals surface area contributed by atoms with Gasteiger partial charge >= 0.3 is 0 Å². The molecule has 11 heavy (non-hydrogen) atoms. The van der Waals surface area contributed by atoms with E-state index >= 15 is 0 Å². The summed E-state index contributed by atoms with van der Waals surface area (Å²) in [5.74, 6) is 2.47. The molecule has 1 heterocycles.